The highest BCUT2D eigenvalue weighted by Gasteiger charge is 2.31. The maximum absolute atomic E-state index is 12.7. The number of rotatable bonds is 5. The van der Waals surface area contributed by atoms with Gasteiger partial charge in [-0.3, -0.25) is 4.79 Å². The quantitative estimate of drug-likeness (QED) is 0.547. The zero-order chi connectivity index (χ0) is 20.4. The third-order valence-corrected chi connectivity index (χ3v) is 8.92. The van der Waals surface area contributed by atoms with Crippen LogP contribution < -0.4 is 0 Å². The molecule has 1 saturated heterocycles. The van der Waals surface area contributed by atoms with Crippen molar-refractivity contribution in [2.24, 2.45) is 0 Å². The van der Waals surface area contributed by atoms with Crippen LogP contribution >= 0.6 is 27.3 Å². The molecule has 0 bridgehead atoms. The molecule has 1 aromatic carbocycles. The Morgan fingerprint density at radius 3 is 2.21 bits per heavy atom. The zero-order valence-electron chi connectivity index (χ0n) is 15.6. The predicted molar refractivity (Wildman–Crippen MR) is 117 cm³/mol. The highest BCUT2D eigenvalue weighted by Crippen LogP contribution is 2.29. The van der Waals surface area contributed by atoms with Crippen LogP contribution in [0.5, 0.6) is 0 Å². The summed E-state index contributed by atoms with van der Waals surface area (Å²) in [4.78, 5) is 14.4. The molecule has 1 aliphatic heterocycles. The van der Waals surface area contributed by atoms with Crippen LogP contribution in [-0.2, 0) is 21.2 Å². The summed E-state index contributed by atoms with van der Waals surface area (Å²) >= 11 is 4.51. The molecule has 4 rings (SSSR count). The number of carbonyl (C=O) groups excluding carboxylic acids is 1. The van der Waals surface area contributed by atoms with E-state index in [2.05, 4.69) is 15.9 Å². The van der Waals surface area contributed by atoms with E-state index in [1.807, 2.05) is 53.4 Å². The highest BCUT2D eigenvalue weighted by atomic mass is 79.9. The number of thiophene rings is 1. The number of carbonyl (C=O) groups is 1. The number of piperazine rings is 1. The van der Waals surface area contributed by atoms with E-state index in [9.17, 15) is 13.2 Å². The fourth-order valence-electron chi connectivity index (χ4n) is 3.32. The minimum Gasteiger partial charge on any atom is -0.340 e. The molecule has 0 N–H and O–H groups in total. The molecule has 6 nitrogen and oxygen atoms in total. The van der Waals surface area contributed by atoms with Crippen LogP contribution in [0.25, 0.3) is 5.69 Å². The molecule has 0 spiro atoms. The van der Waals surface area contributed by atoms with E-state index in [4.69, 9.17) is 0 Å². The Kier molecular flexibility index (Phi) is 5.91. The van der Waals surface area contributed by atoms with Crippen LogP contribution in [0.1, 0.15) is 5.56 Å². The molecule has 2 aromatic heterocycles. The monoisotopic (exact) mass is 493 g/mol. The molecule has 0 saturated carbocycles. The van der Waals surface area contributed by atoms with Gasteiger partial charge in [-0.05, 0) is 57.9 Å². The van der Waals surface area contributed by atoms with Gasteiger partial charge in [0.25, 0.3) is 10.0 Å². The van der Waals surface area contributed by atoms with Crippen LogP contribution in [0.15, 0.2) is 68.9 Å². The number of hydrogen-bond acceptors (Lipinski definition) is 4. The molecule has 0 atom stereocenters. The van der Waals surface area contributed by atoms with Gasteiger partial charge in [-0.15, -0.1) is 11.3 Å². The van der Waals surface area contributed by atoms with Gasteiger partial charge in [0.05, 0.1) is 10.2 Å². The summed E-state index contributed by atoms with van der Waals surface area (Å²) in [5, 5.41) is 0. The second-order valence-electron chi connectivity index (χ2n) is 6.78. The minimum absolute atomic E-state index is 0.0228. The number of amides is 1. The summed E-state index contributed by atoms with van der Waals surface area (Å²) in [7, 11) is -3.49. The van der Waals surface area contributed by atoms with Crippen molar-refractivity contribution in [1.82, 2.24) is 13.8 Å². The summed E-state index contributed by atoms with van der Waals surface area (Å²) in [6.07, 6.45) is 4.27. The second-order valence-corrected chi connectivity index (χ2v) is 11.4. The van der Waals surface area contributed by atoms with Gasteiger partial charge in [0, 0.05) is 44.3 Å². The SMILES string of the molecule is O=C(Cc1ccc(-n2cccc2)cc1)N1CCN(S(=O)(=O)c2ccc(Br)s2)CC1. The Hall–Kier alpha value is -1.94. The Morgan fingerprint density at radius 1 is 0.966 bits per heavy atom. The summed E-state index contributed by atoms with van der Waals surface area (Å²) in [5.74, 6) is 0.0228. The fourth-order valence-corrected chi connectivity index (χ4v) is 6.91. The molecule has 1 aliphatic rings. The average Bonchev–Trinajstić information content (AvgIpc) is 3.41. The van der Waals surface area contributed by atoms with E-state index in [1.165, 1.54) is 15.6 Å². The van der Waals surface area contributed by atoms with Gasteiger partial charge in [0.2, 0.25) is 5.91 Å². The molecule has 1 fully saturated rings. The number of aromatic nitrogens is 1. The van der Waals surface area contributed by atoms with Crippen molar-refractivity contribution in [2.45, 2.75) is 10.6 Å². The lowest BCUT2D eigenvalue weighted by atomic mass is 10.1. The first-order chi connectivity index (χ1) is 13.9. The molecule has 3 aromatic rings. The molecule has 29 heavy (non-hydrogen) atoms. The van der Waals surface area contributed by atoms with Crippen molar-refractivity contribution in [3.05, 3.63) is 70.3 Å². The van der Waals surface area contributed by atoms with Gasteiger partial charge in [-0.1, -0.05) is 12.1 Å². The van der Waals surface area contributed by atoms with Gasteiger partial charge < -0.3 is 9.47 Å². The lowest BCUT2D eigenvalue weighted by Crippen LogP contribution is -2.50. The van der Waals surface area contributed by atoms with E-state index < -0.39 is 10.0 Å². The summed E-state index contributed by atoms with van der Waals surface area (Å²) in [6, 6.07) is 15.2. The first kappa shape index (κ1) is 20.3. The van der Waals surface area contributed by atoms with Crippen LogP contribution in [-0.4, -0.2) is 54.3 Å². The number of sulfonamides is 1. The molecular weight excluding hydrogens is 474 g/mol. The Bertz CT molecular complexity index is 1080. The van der Waals surface area contributed by atoms with Crippen LogP contribution in [0, 0.1) is 0 Å². The smallest absolute Gasteiger partial charge is 0.252 e. The Balaban J connectivity index is 1.34. The number of halogens is 1. The van der Waals surface area contributed by atoms with E-state index >= 15 is 0 Å². The molecule has 1 amide bonds. The van der Waals surface area contributed by atoms with Gasteiger partial charge in [-0.25, -0.2) is 8.42 Å². The fraction of sp³-hybridized carbons (Fsp3) is 0.250. The van der Waals surface area contributed by atoms with Crippen molar-refractivity contribution in [3.8, 4) is 5.69 Å². The minimum atomic E-state index is -3.49. The third kappa shape index (κ3) is 4.48. The van der Waals surface area contributed by atoms with Crippen molar-refractivity contribution < 1.29 is 13.2 Å². The van der Waals surface area contributed by atoms with E-state index in [0.29, 0.717) is 36.8 Å². The third-order valence-electron chi connectivity index (χ3n) is 4.93. The Labute approximate surface area is 182 Å². The normalized spacial score (nSPS) is 15.6. The molecule has 0 unspecified atom stereocenters. The molecule has 152 valence electrons. The highest BCUT2D eigenvalue weighted by molar-refractivity contribution is 9.11. The summed E-state index contributed by atoms with van der Waals surface area (Å²) in [6.45, 7) is 1.45. The topological polar surface area (TPSA) is 62.6 Å². The maximum atomic E-state index is 12.7. The first-order valence-corrected chi connectivity index (χ1v) is 12.2. The molecule has 9 heteroatoms. The molecular formula is C20H20BrN3O3S2. The lowest BCUT2D eigenvalue weighted by molar-refractivity contribution is -0.131. The van der Waals surface area contributed by atoms with Crippen molar-refractivity contribution in [1.29, 1.82) is 0 Å². The van der Waals surface area contributed by atoms with Crippen LogP contribution in [0.4, 0.5) is 0 Å². The van der Waals surface area contributed by atoms with Crippen molar-refractivity contribution in [2.75, 3.05) is 26.2 Å². The van der Waals surface area contributed by atoms with E-state index in [0.717, 1.165) is 15.0 Å². The standard InChI is InChI=1S/C20H20BrN3O3S2/c21-18-7-8-20(28-18)29(26,27)24-13-11-23(12-14-24)19(25)15-16-3-5-17(6-4-16)22-9-1-2-10-22/h1-10H,11-15H2. The van der Waals surface area contributed by atoms with Gasteiger partial charge in [0.15, 0.2) is 0 Å². The Morgan fingerprint density at radius 2 is 1.62 bits per heavy atom. The number of hydrogen-bond donors (Lipinski definition) is 0. The van der Waals surface area contributed by atoms with Crippen molar-refractivity contribution in [3.63, 3.8) is 0 Å². The largest absolute Gasteiger partial charge is 0.340 e. The molecule has 3 heterocycles. The lowest BCUT2D eigenvalue weighted by Gasteiger charge is -2.33. The van der Waals surface area contributed by atoms with Gasteiger partial charge in [0.1, 0.15) is 4.21 Å². The van der Waals surface area contributed by atoms with Crippen molar-refractivity contribution >= 4 is 43.2 Å². The molecule has 0 aliphatic carbocycles. The van der Waals surface area contributed by atoms with Gasteiger partial charge >= 0.3 is 0 Å². The number of benzene rings is 1. The predicted octanol–water partition coefficient (Wildman–Crippen LogP) is 3.38. The summed E-state index contributed by atoms with van der Waals surface area (Å²) in [5.41, 5.74) is 2.00. The number of nitrogens with zero attached hydrogens (tertiary/aromatic N) is 3. The second kappa shape index (κ2) is 8.43. The summed E-state index contributed by atoms with van der Waals surface area (Å²) < 4.78 is 30.0. The van der Waals surface area contributed by atoms with Crippen LogP contribution in [0.3, 0.4) is 0 Å². The average molecular weight is 494 g/mol. The van der Waals surface area contributed by atoms with Gasteiger partial charge in [-0.2, -0.15) is 4.31 Å². The first-order valence-electron chi connectivity index (χ1n) is 9.19. The maximum Gasteiger partial charge on any atom is 0.252 e. The van der Waals surface area contributed by atoms with E-state index in [1.54, 1.807) is 17.0 Å². The van der Waals surface area contributed by atoms with Crippen LogP contribution in [0.2, 0.25) is 0 Å². The molecule has 0 radical (unpaired) electrons. The zero-order valence-corrected chi connectivity index (χ0v) is 18.8. The van der Waals surface area contributed by atoms with E-state index in [-0.39, 0.29) is 5.91 Å².